The molecular weight excluding hydrogens is 377 g/mol. The van der Waals surface area contributed by atoms with Crippen LogP contribution < -0.4 is 10.6 Å². The molecule has 5 nitrogen and oxygen atoms in total. The van der Waals surface area contributed by atoms with E-state index in [0.717, 1.165) is 12.1 Å². The van der Waals surface area contributed by atoms with Crippen LogP contribution in [0.5, 0.6) is 0 Å². The molecule has 1 aliphatic carbocycles. The Morgan fingerprint density at radius 1 is 1.40 bits per heavy atom. The molecule has 0 aromatic carbocycles. The molecule has 1 aliphatic heterocycles. The first kappa shape index (κ1) is 23.5. The number of aliphatic imine (C=N–C) groups is 1. The molecule has 1 saturated heterocycles. The Morgan fingerprint density at radius 3 is 2.73 bits per heavy atom. The Balaban J connectivity index is 2.26. The molecule has 0 radical (unpaired) electrons. The van der Waals surface area contributed by atoms with Gasteiger partial charge in [0.2, 0.25) is 0 Å². The fourth-order valence-corrected chi connectivity index (χ4v) is 3.78. The highest BCUT2D eigenvalue weighted by Crippen LogP contribution is 2.28. The second-order valence-electron chi connectivity index (χ2n) is 8.46. The zero-order chi connectivity index (χ0) is 22.3. The monoisotopic (exact) mass is 411 g/mol. The number of alkyl halides is 1. The Kier molecular flexibility index (Phi) is 8.46. The lowest BCUT2D eigenvalue weighted by Gasteiger charge is -2.40. The van der Waals surface area contributed by atoms with Gasteiger partial charge in [0.15, 0.2) is 6.19 Å². The van der Waals surface area contributed by atoms with E-state index in [1.807, 2.05) is 30.2 Å². The number of hydrogen-bond acceptors (Lipinski definition) is 5. The standard InChI is InChI=1S/C24H34FN5/c1-7-10-27-24-18(6)23(9-8-21(24)28-15-26)30-13-19(25)12-20(14-30)29-22(17(4)5)11-16(2)3/h7-10,16,19-20,28-29H,6,11-14H2,1-5H3/b10-7-,27-24?. The van der Waals surface area contributed by atoms with Gasteiger partial charge in [-0.05, 0) is 45.3 Å². The first-order chi connectivity index (χ1) is 14.3. The first-order valence-electron chi connectivity index (χ1n) is 10.5. The molecular formula is C24H34FN5. The molecule has 0 amide bonds. The highest BCUT2D eigenvalue weighted by molar-refractivity contribution is 6.15. The lowest BCUT2D eigenvalue weighted by molar-refractivity contribution is 0.143. The Hall–Kier alpha value is -2.81. The Labute approximate surface area is 180 Å². The maximum absolute atomic E-state index is 14.7. The number of hydrogen-bond donors (Lipinski definition) is 2. The third-order valence-electron chi connectivity index (χ3n) is 5.14. The average molecular weight is 412 g/mol. The van der Waals surface area contributed by atoms with E-state index in [1.54, 1.807) is 12.3 Å². The lowest BCUT2D eigenvalue weighted by Crippen LogP contribution is -2.50. The van der Waals surface area contributed by atoms with Gasteiger partial charge in [-0.25, -0.2) is 4.39 Å². The van der Waals surface area contributed by atoms with Crippen molar-refractivity contribution < 1.29 is 4.39 Å². The fourth-order valence-electron chi connectivity index (χ4n) is 3.78. The first-order valence-corrected chi connectivity index (χ1v) is 10.5. The minimum Gasteiger partial charge on any atom is -0.384 e. The number of piperidine rings is 1. The minimum absolute atomic E-state index is 0.0182. The second kappa shape index (κ2) is 10.8. The summed E-state index contributed by atoms with van der Waals surface area (Å²) in [5.74, 6) is 0.533. The topological polar surface area (TPSA) is 63.4 Å². The van der Waals surface area contributed by atoms with E-state index in [0.29, 0.717) is 42.4 Å². The molecule has 6 heteroatoms. The van der Waals surface area contributed by atoms with Gasteiger partial charge in [0, 0.05) is 48.7 Å². The summed E-state index contributed by atoms with van der Waals surface area (Å²) in [5.41, 5.74) is 5.17. The van der Waals surface area contributed by atoms with Gasteiger partial charge in [-0.3, -0.25) is 10.3 Å². The van der Waals surface area contributed by atoms with Crippen molar-refractivity contribution in [3.05, 3.63) is 59.2 Å². The summed E-state index contributed by atoms with van der Waals surface area (Å²) < 4.78 is 14.7. The molecule has 2 unspecified atom stereocenters. The van der Waals surface area contributed by atoms with Crippen molar-refractivity contribution in [2.45, 2.75) is 59.7 Å². The van der Waals surface area contributed by atoms with E-state index < -0.39 is 6.17 Å². The second-order valence-corrected chi connectivity index (χ2v) is 8.46. The van der Waals surface area contributed by atoms with Crippen LogP contribution in [-0.2, 0) is 0 Å². The van der Waals surface area contributed by atoms with E-state index >= 15 is 0 Å². The minimum atomic E-state index is -0.930. The summed E-state index contributed by atoms with van der Waals surface area (Å²) in [5, 5.41) is 15.3. The van der Waals surface area contributed by atoms with Gasteiger partial charge in [-0.15, -0.1) is 0 Å². The fraction of sp³-hybridized carbons (Fsp3) is 0.500. The number of likely N-dealkylation sites (tertiary alicyclic amines) is 1. The molecule has 2 aliphatic rings. The summed E-state index contributed by atoms with van der Waals surface area (Å²) in [7, 11) is 0. The van der Waals surface area contributed by atoms with Gasteiger partial charge >= 0.3 is 0 Å². The maximum Gasteiger partial charge on any atom is 0.181 e. The van der Waals surface area contributed by atoms with Crippen LogP contribution in [0.2, 0.25) is 0 Å². The van der Waals surface area contributed by atoms with Gasteiger partial charge in [-0.2, -0.15) is 5.26 Å². The predicted molar refractivity (Wildman–Crippen MR) is 122 cm³/mol. The molecule has 0 aromatic rings. The molecule has 1 fully saturated rings. The molecule has 0 bridgehead atoms. The zero-order valence-electron chi connectivity index (χ0n) is 18.8. The summed E-state index contributed by atoms with van der Waals surface area (Å²) in [6.45, 7) is 15.7. The molecule has 0 aromatic heterocycles. The number of nitrogens with one attached hydrogen (secondary N) is 2. The maximum atomic E-state index is 14.7. The van der Waals surface area contributed by atoms with E-state index in [2.05, 4.69) is 49.9 Å². The zero-order valence-corrected chi connectivity index (χ0v) is 18.8. The van der Waals surface area contributed by atoms with Crippen molar-refractivity contribution in [1.82, 2.24) is 15.5 Å². The molecule has 1 heterocycles. The van der Waals surface area contributed by atoms with Gasteiger partial charge in [0.25, 0.3) is 0 Å². The van der Waals surface area contributed by atoms with Crippen molar-refractivity contribution in [3.63, 3.8) is 0 Å². The number of halogens is 1. The van der Waals surface area contributed by atoms with E-state index in [1.165, 1.54) is 11.3 Å². The van der Waals surface area contributed by atoms with E-state index in [-0.39, 0.29) is 6.04 Å². The molecule has 2 atom stereocenters. The summed E-state index contributed by atoms with van der Waals surface area (Å²) in [6, 6.07) is 0.0182. The van der Waals surface area contributed by atoms with Crippen molar-refractivity contribution in [2.24, 2.45) is 10.9 Å². The lowest BCUT2D eigenvalue weighted by atomic mass is 9.95. The molecule has 0 saturated carbocycles. The van der Waals surface area contributed by atoms with Gasteiger partial charge < -0.3 is 10.2 Å². The average Bonchev–Trinajstić information content (AvgIpc) is 2.66. The number of rotatable bonds is 7. The third-order valence-corrected chi connectivity index (χ3v) is 5.14. The molecule has 162 valence electrons. The van der Waals surface area contributed by atoms with Crippen LogP contribution in [0.3, 0.4) is 0 Å². The molecule has 2 N–H and O–H groups in total. The summed E-state index contributed by atoms with van der Waals surface area (Å²) in [4.78, 5) is 6.48. The van der Waals surface area contributed by atoms with Crippen LogP contribution in [-0.4, -0.2) is 35.9 Å². The van der Waals surface area contributed by atoms with Crippen LogP contribution in [0.4, 0.5) is 4.39 Å². The van der Waals surface area contributed by atoms with Crippen LogP contribution in [0, 0.1) is 17.4 Å². The summed E-state index contributed by atoms with van der Waals surface area (Å²) in [6.07, 6.45) is 9.63. The van der Waals surface area contributed by atoms with E-state index in [9.17, 15) is 4.39 Å². The highest BCUT2D eigenvalue weighted by Gasteiger charge is 2.31. The van der Waals surface area contributed by atoms with Crippen molar-refractivity contribution in [1.29, 1.82) is 5.26 Å². The Morgan fingerprint density at radius 2 is 2.13 bits per heavy atom. The SMILES string of the molecule is C=C1C(N2CC(F)CC(NC(CC(C)C)=C(C)C)C2)=CC=C(NC#N)C1=N/C=C\C. The Bertz CT molecular complexity index is 834. The normalized spacial score (nSPS) is 23.3. The largest absolute Gasteiger partial charge is 0.384 e. The summed E-state index contributed by atoms with van der Waals surface area (Å²) >= 11 is 0. The van der Waals surface area contributed by atoms with Gasteiger partial charge in [0.05, 0.1) is 11.4 Å². The smallest absolute Gasteiger partial charge is 0.181 e. The molecule has 30 heavy (non-hydrogen) atoms. The predicted octanol–water partition coefficient (Wildman–Crippen LogP) is 4.71. The number of nitrogens with zero attached hydrogens (tertiary/aromatic N) is 3. The van der Waals surface area contributed by atoms with Crippen molar-refractivity contribution in [3.8, 4) is 6.19 Å². The van der Waals surface area contributed by atoms with Crippen LogP contribution in [0.1, 0.15) is 47.5 Å². The third kappa shape index (κ3) is 6.09. The highest BCUT2D eigenvalue weighted by atomic mass is 19.1. The number of allylic oxidation sites excluding steroid dienone is 7. The molecule has 0 spiro atoms. The van der Waals surface area contributed by atoms with Crippen LogP contribution >= 0.6 is 0 Å². The van der Waals surface area contributed by atoms with Crippen molar-refractivity contribution in [2.75, 3.05) is 13.1 Å². The van der Waals surface area contributed by atoms with Crippen molar-refractivity contribution >= 4 is 5.71 Å². The van der Waals surface area contributed by atoms with E-state index in [4.69, 9.17) is 5.26 Å². The van der Waals surface area contributed by atoms with Gasteiger partial charge in [0.1, 0.15) is 6.17 Å². The quantitative estimate of drug-likeness (QED) is 0.470. The van der Waals surface area contributed by atoms with Gasteiger partial charge in [-0.1, -0.05) is 32.1 Å². The number of nitriles is 1. The van der Waals surface area contributed by atoms with Crippen LogP contribution in [0.15, 0.2) is 64.2 Å². The van der Waals surface area contributed by atoms with Crippen LogP contribution in [0.25, 0.3) is 0 Å². The molecule has 2 rings (SSSR count).